The van der Waals surface area contributed by atoms with Crippen molar-refractivity contribution >= 4 is 37.0 Å². The summed E-state index contributed by atoms with van der Waals surface area (Å²) in [6.07, 6.45) is 0. The standard InChI is InChI=1S/ClH.HNO3.Pb.Zn.2H/c;2-1(3)4;;;;/h1H;(H,2,3,4);;;;/q;;;+1;;/p-1. The summed E-state index contributed by atoms with van der Waals surface area (Å²) in [5.41, 5.74) is 0. The molecule has 0 saturated heterocycles. The van der Waals surface area contributed by atoms with Crippen molar-refractivity contribution in [3.8, 4) is 0 Å². The van der Waals surface area contributed by atoms with Gasteiger partial charge in [-0.05, 0) is 0 Å². The van der Waals surface area contributed by atoms with E-state index >= 15 is 0 Å². The van der Waals surface area contributed by atoms with Crippen molar-refractivity contribution in [3.05, 3.63) is 10.1 Å². The van der Waals surface area contributed by atoms with Gasteiger partial charge >= 0.3 is 54.3 Å². The predicted octanol–water partition coefficient (Wildman–Crippen LogP) is -0.577. The van der Waals surface area contributed by atoms with Crippen LogP contribution < -0.4 is 0 Å². The van der Waals surface area contributed by atoms with Gasteiger partial charge in [0.05, 0.1) is 0 Å². The zero-order chi connectivity index (χ0) is 5.58. The van der Waals surface area contributed by atoms with E-state index in [1.807, 2.05) is 0 Å². The van der Waals surface area contributed by atoms with Gasteiger partial charge in [-0.2, -0.15) is 0 Å². The van der Waals surface area contributed by atoms with Crippen LogP contribution in [-0.4, -0.2) is 37.6 Å². The SMILES string of the molecule is O=[N+]([O-])O.[Cl][Zn].[PbH2]. The number of hydrogen-bond acceptors (Lipinski definition) is 2. The molecule has 0 heterocycles. The average molecular weight is 373 g/mol. The molecule has 2 radical (unpaired) electrons. The van der Waals surface area contributed by atoms with Crippen molar-refractivity contribution in [1.29, 1.82) is 0 Å². The van der Waals surface area contributed by atoms with Gasteiger partial charge in [-0.3, -0.25) is 0 Å². The van der Waals surface area contributed by atoms with Gasteiger partial charge in [0.1, 0.15) is 0 Å². The van der Waals surface area contributed by atoms with Gasteiger partial charge < -0.3 is 5.21 Å². The monoisotopic (exact) mass is 372 g/mol. The van der Waals surface area contributed by atoms with E-state index in [1.165, 1.54) is 0 Å². The number of rotatable bonds is 0. The van der Waals surface area contributed by atoms with Crippen LogP contribution in [0.15, 0.2) is 0 Å². The summed E-state index contributed by atoms with van der Waals surface area (Å²) in [5.74, 6) is 0. The molecular weight excluding hydrogens is 370 g/mol. The van der Waals surface area contributed by atoms with Crippen LogP contribution >= 0.6 is 9.69 Å². The molecule has 0 aromatic heterocycles. The molecule has 39 valence electrons. The Morgan fingerprint density at radius 1 is 1.71 bits per heavy atom. The van der Waals surface area contributed by atoms with E-state index in [0.29, 0.717) is 0 Å². The molecule has 0 aliphatic heterocycles. The van der Waals surface area contributed by atoms with E-state index in [9.17, 15) is 0 Å². The van der Waals surface area contributed by atoms with Crippen LogP contribution in [0.4, 0.5) is 0 Å². The molecule has 0 unspecified atom stereocenters. The predicted molar refractivity (Wildman–Crippen MR) is 23.2 cm³/mol. The Morgan fingerprint density at radius 2 is 1.71 bits per heavy atom. The minimum atomic E-state index is -1.50. The molecule has 0 aromatic carbocycles. The molecule has 4 nitrogen and oxygen atoms in total. The fourth-order valence-electron chi connectivity index (χ4n) is 0. The Bertz CT molecular complexity index is 37.9. The second-order valence-corrected chi connectivity index (χ2v) is 0.238. The third-order valence-corrected chi connectivity index (χ3v) is 0. The molecule has 0 bridgehead atoms. The van der Waals surface area contributed by atoms with Gasteiger partial charge in [-0.15, -0.1) is 10.1 Å². The molecule has 0 amide bonds. The van der Waals surface area contributed by atoms with Crippen molar-refractivity contribution < 1.29 is 27.6 Å². The fraction of sp³-hybridized carbons (Fsp3) is 0. The third kappa shape index (κ3) is 166. The summed E-state index contributed by atoms with van der Waals surface area (Å²) >= 11 is 0.847. The Hall–Kier alpha value is 1.04. The molecule has 7 heteroatoms. The van der Waals surface area contributed by atoms with Crippen molar-refractivity contribution in [2.75, 3.05) is 0 Å². The van der Waals surface area contributed by atoms with E-state index < -0.39 is 5.09 Å². The molecule has 1 N–H and O–H groups in total. The van der Waals surface area contributed by atoms with Crippen LogP contribution in [0.5, 0.6) is 0 Å². The van der Waals surface area contributed by atoms with Crippen molar-refractivity contribution in [1.82, 2.24) is 0 Å². The van der Waals surface area contributed by atoms with Crippen LogP contribution in [-0.2, 0) is 17.3 Å². The Labute approximate surface area is 74.2 Å². The molecule has 0 rings (SSSR count). The van der Waals surface area contributed by atoms with Crippen LogP contribution in [0.25, 0.3) is 0 Å². The second kappa shape index (κ2) is 15.7. The molecule has 0 aliphatic rings. The van der Waals surface area contributed by atoms with Crippen molar-refractivity contribution in [2.45, 2.75) is 0 Å². The molecule has 0 fully saturated rings. The van der Waals surface area contributed by atoms with Crippen LogP contribution in [0.1, 0.15) is 0 Å². The third-order valence-electron chi connectivity index (χ3n) is 0. The molecular formula is H3ClNO3PbZn. The summed E-state index contributed by atoms with van der Waals surface area (Å²) in [5, 5.41) is 13.6. The topological polar surface area (TPSA) is 63.4 Å². The van der Waals surface area contributed by atoms with Crippen LogP contribution in [0.3, 0.4) is 0 Å². The second-order valence-electron chi connectivity index (χ2n) is 0.238. The van der Waals surface area contributed by atoms with E-state index in [2.05, 4.69) is 0 Å². The summed E-state index contributed by atoms with van der Waals surface area (Å²) in [6.45, 7) is 0. The Kier molecular flexibility index (Phi) is 35.3. The average Bonchev–Trinajstić information content (AvgIpc) is 1.41. The van der Waals surface area contributed by atoms with E-state index in [4.69, 9.17) is 25.0 Å². The first-order chi connectivity index (χ1) is 2.73. The molecule has 0 saturated carbocycles. The number of hydrogen-bond donors (Lipinski definition) is 1. The first kappa shape index (κ1) is 15.7. The summed E-state index contributed by atoms with van der Waals surface area (Å²) in [7, 11) is 4.76. The minimum absolute atomic E-state index is 0. The van der Waals surface area contributed by atoms with E-state index in [-0.39, 0.29) is 27.3 Å². The first-order valence-corrected chi connectivity index (χ1v) is 4.73. The molecule has 0 atom stereocenters. The van der Waals surface area contributed by atoms with Gasteiger partial charge in [0.15, 0.2) is 0 Å². The first-order valence-electron chi connectivity index (χ1n) is 0.832. The summed E-state index contributed by atoms with van der Waals surface area (Å²) in [6, 6.07) is 0. The summed E-state index contributed by atoms with van der Waals surface area (Å²) < 4.78 is 0. The van der Waals surface area contributed by atoms with Crippen molar-refractivity contribution in [3.63, 3.8) is 0 Å². The fourth-order valence-corrected chi connectivity index (χ4v) is 0. The van der Waals surface area contributed by atoms with Gasteiger partial charge in [0.25, 0.3) is 5.09 Å². The maximum absolute atomic E-state index is 8.36. The van der Waals surface area contributed by atoms with Gasteiger partial charge in [0.2, 0.25) is 0 Å². The maximum atomic E-state index is 8.36. The normalized spacial score (nSPS) is 4.43. The Balaban J connectivity index is -0.0000000480. The van der Waals surface area contributed by atoms with Crippen LogP contribution in [0, 0.1) is 10.1 Å². The van der Waals surface area contributed by atoms with E-state index in [1.54, 1.807) is 0 Å². The number of nitrogens with zero attached hydrogens (tertiary/aromatic N) is 1. The summed E-state index contributed by atoms with van der Waals surface area (Å²) in [4.78, 5) is 8.36. The number of halogens is 1. The zero-order valence-electron chi connectivity index (χ0n) is 3.50. The Morgan fingerprint density at radius 3 is 1.71 bits per heavy atom. The molecule has 0 aliphatic carbocycles. The molecule has 7 heavy (non-hydrogen) atoms. The van der Waals surface area contributed by atoms with Gasteiger partial charge in [-0.25, -0.2) is 0 Å². The molecule has 0 aromatic rings. The molecule has 0 spiro atoms. The van der Waals surface area contributed by atoms with Crippen molar-refractivity contribution in [2.24, 2.45) is 0 Å². The van der Waals surface area contributed by atoms with Gasteiger partial charge in [-0.1, -0.05) is 0 Å². The van der Waals surface area contributed by atoms with Crippen LogP contribution in [0.2, 0.25) is 0 Å². The van der Waals surface area contributed by atoms with Gasteiger partial charge in [0, 0.05) is 0 Å². The van der Waals surface area contributed by atoms with E-state index in [0.717, 1.165) is 17.3 Å². The quantitative estimate of drug-likeness (QED) is 0.351. The zero-order valence-corrected chi connectivity index (χ0v) is 12.7.